The van der Waals surface area contributed by atoms with Gasteiger partial charge in [-0.15, -0.1) is 0 Å². The van der Waals surface area contributed by atoms with Crippen molar-refractivity contribution in [1.29, 1.82) is 0 Å². The fourth-order valence-electron chi connectivity index (χ4n) is 0.705. The topological polar surface area (TPSA) is 66.4 Å². The molecule has 0 aliphatic carbocycles. The van der Waals surface area contributed by atoms with Crippen molar-refractivity contribution in [3.8, 4) is 0 Å². The lowest BCUT2D eigenvalue weighted by atomic mass is 10.1. The Morgan fingerprint density at radius 1 is 1.50 bits per heavy atom. The van der Waals surface area contributed by atoms with Crippen LogP contribution in [0.2, 0.25) is 0 Å². The molecule has 0 saturated carbocycles. The summed E-state index contributed by atoms with van der Waals surface area (Å²) in [7, 11) is -1.07. The molecule has 0 aromatic heterocycles. The first kappa shape index (κ1) is 14.2. The molecule has 0 radical (unpaired) electrons. The van der Waals surface area contributed by atoms with Crippen molar-refractivity contribution in [2.75, 3.05) is 37.2 Å². The van der Waals surface area contributed by atoms with Gasteiger partial charge in [0, 0.05) is 23.3 Å². The van der Waals surface area contributed by atoms with Gasteiger partial charge >= 0.3 is 0 Å². The van der Waals surface area contributed by atoms with Crippen LogP contribution in [0.25, 0.3) is 0 Å². The first-order valence-corrected chi connectivity index (χ1v) is 7.60. The van der Waals surface area contributed by atoms with Gasteiger partial charge in [0.15, 0.2) is 0 Å². The quantitative estimate of drug-likeness (QED) is 0.601. The Morgan fingerprint density at radius 2 is 2.07 bits per heavy atom. The molecule has 0 aromatic carbocycles. The maximum Gasteiger partial charge on any atom is 0.148 e. The van der Waals surface area contributed by atoms with Crippen molar-refractivity contribution in [2.24, 2.45) is 0 Å². The molecule has 0 amide bonds. The van der Waals surface area contributed by atoms with Gasteiger partial charge in [0.2, 0.25) is 0 Å². The van der Waals surface area contributed by atoms with Gasteiger partial charge in [-0.25, -0.2) is 8.42 Å². The molecule has 2 N–H and O–H groups in total. The van der Waals surface area contributed by atoms with Crippen LogP contribution in [0.4, 0.5) is 0 Å². The number of nitrogens with one attached hydrogen (secondary N) is 1. The van der Waals surface area contributed by atoms with Crippen molar-refractivity contribution in [2.45, 2.75) is 12.5 Å². The second-order valence-electron chi connectivity index (χ2n) is 3.65. The van der Waals surface area contributed by atoms with Crippen LogP contribution in [-0.2, 0) is 9.84 Å². The third kappa shape index (κ3) is 6.64. The van der Waals surface area contributed by atoms with Crippen LogP contribution in [0.15, 0.2) is 0 Å². The molecule has 0 rings (SSSR count). The molecule has 14 heavy (non-hydrogen) atoms. The van der Waals surface area contributed by atoms with Crippen LogP contribution < -0.4 is 5.32 Å². The molecular weight excluding hydrogens is 222 g/mol. The maximum atomic E-state index is 10.8. The predicted octanol–water partition coefficient (Wildman–Crippen LogP) is -0.265. The van der Waals surface area contributed by atoms with E-state index in [0.29, 0.717) is 11.5 Å². The number of thioether (sulfide) groups is 1. The molecule has 0 aliphatic rings. The zero-order chi connectivity index (χ0) is 11.2. The molecule has 0 saturated heterocycles. The van der Waals surface area contributed by atoms with Crippen molar-refractivity contribution < 1.29 is 13.5 Å². The number of rotatable bonds is 7. The highest BCUT2D eigenvalue weighted by Crippen LogP contribution is 2.12. The molecule has 0 aromatic rings. The lowest BCUT2D eigenvalue weighted by molar-refractivity contribution is 0.200. The number of aliphatic hydroxyl groups is 1. The Morgan fingerprint density at radius 3 is 2.43 bits per heavy atom. The number of hydrogen-bond donors (Lipinski definition) is 2. The highest BCUT2D eigenvalue weighted by Gasteiger charge is 2.20. The number of hydrogen-bond acceptors (Lipinski definition) is 5. The lowest BCUT2D eigenvalue weighted by Crippen LogP contribution is -2.45. The predicted molar refractivity (Wildman–Crippen MR) is 61.6 cm³/mol. The summed E-state index contributed by atoms with van der Waals surface area (Å²) >= 11 is 1.53. The minimum Gasteiger partial charge on any atom is -0.394 e. The standard InChI is InChI=1S/C8H19NO3S2/c1-8(6-10,9-2)7-13-4-5-14(3,11)12/h9-10H,4-7H2,1-3H3. The fraction of sp³-hybridized carbons (Fsp3) is 1.00. The summed E-state index contributed by atoms with van der Waals surface area (Å²) in [6.45, 7) is 1.95. The van der Waals surface area contributed by atoms with Gasteiger partial charge in [0.25, 0.3) is 0 Å². The largest absolute Gasteiger partial charge is 0.394 e. The Bertz CT molecular complexity index is 247. The van der Waals surface area contributed by atoms with E-state index < -0.39 is 9.84 Å². The van der Waals surface area contributed by atoms with E-state index in [4.69, 9.17) is 5.11 Å². The van der Waals surface area contributed by atoms with E-state index in [1.54, 1.807) is 7.05 Å². The Balaban J connectivity index is 3.74. The average molecular weight is 241 g/mol. The molecule has 86 valence electrons. The molecule has 4 nitrogen and oxygen atoms in total. The summed E-state index contributed by atoms with van der Waals surface area (Å²) in [6, 6.07) is 0. The number of aliphatic hydroxyl groups excluding tert-OH is 1. The zero-order valence-corrected chi connectivity index (χ0v) is 10.5. The first-order chi connectivity index (χ1) is 6.33. The minimum atomic E-state index is -2.86. The van der Waals surface area contributed by atoms with Crippen LogP contribution in [0.3, 0.4) is 0 Å². The highest BCUT2D eigenvalue weighted by molar-refractivity contribution is 8.00. The summed E-state index contributed by atoms with van der Waals surface area (Å²) < 4.78 is 21.6. The van der Waals surface area contributed by atoms with Crippen LogP contribution in [0, 0.1) is 0 Å². The number of likely N-dealkylation sites (N-methyl/N-ethyl adjacent to an activating group) is 1. The molecule has 0 bridgehead atoms. The third-order valence-corrected chi connectivity index (χ3v) is 4.51. The highest BCUT2D eigenvalue weighted by atomic mass is 32.2. The minimum absolute atomic E-state index is 0.0510. The number of sulfone groups is 1. The zero-order valence-electron chi connectivity index (χ0n) is 8.91. The van der Waals surface area contributed by atoms with Crippen molar-refractivity contribution in [3.05, 3.63) is 0 Å². The molecule has 0 aliphatic heterocycles. The smallest absolute Gasteiger partial charge is 0.148 e. The van der Waals surface area contributed by atoms with Crippen molar-refractivity contribution in [3.63, 3.8) is 0 Å². The molecule has 6 heteroatoms. The van der Waals surface area contributed by atoms with Crippen molar-refractivity contribution >= 4 is 21.6 Å². The second-order valence-corrected chi connectivity index (χ2v) is 7.02. The summed E-state index contributed by atoms with van der Waals surface area (Å²) in [5.41, 5.74) is -0.317. The van der Waals surface area contributed by atoms with Gasteiger partial charge < -0.3 is 10.4 Å². The normalized spacial score (nSPS) is 16.6. The molecule has 1 unspecified atom stereocenters. The summed E-state index contributed by atoms with van der Waals surface area (Å²) in [5, 5.41) is 12.1. The van der Waals surface area contributed by atoms with E-state index in [9.17, 15) is 8.42 Å². The Kier molecular flexibility index (Phi) is 6.04. The summed E-state index contributed by atoms with van der Waals surface area (Å²) in [4.78, 5) is 0. The molecular formula is C8H19NO3S2. The van der Waals surface area contributed by atoms with Crippen LogP contribution in [-0.4, -0.2) is 56.2 Å². The van der Waals surface area contributed by atoms with Gasteiger partial charge in [-0.3, -0.25) is 0 Å². The first-order valence-electron chi connectivity index (χ1n) is 4.38. The Labute approximate surface area is 90.4 Å². The average Bonchev–Trinajstić information content (AvgIpc) is 2.11. The Hall–Kier alpha value is 0.220. The molecule has 0 heterocycles. The van der Waals surface area contributed by atoms with Crippen LogP contribution in [0.5, 0.6) is 0 Å². The van der Waals surface area contributed by atoms with E-state index in [-0.39, 0.29) is 17.9 Å². The summed E-state index contributed by atoms with van der Waals surface area (Å²) in [6.07, 6.45) is 1.23. The monoisotopic (exact) mass is 241 g/mol. The summed E-state index contributed by atoms with van der Waals surface area (Å²) in [5.74, 6) is 1.48. The van der Waals surface area contributed by atoms with E-state index in [0.717, 1.165) is 0 Å². The van der Waals surface area contributed by atoms with E-state index in [1.165, 1.54) is 18.0 Å². The van der Waals surface area contributed by atoms with Gasteiger partial charge in [0.05, 0.1) is 12.4 Å². The second kappa shape index (κ2) is 5.95. The molecule has 0 spiro atoms. The molecule has 0 fully saturated rings. The van der Waals surface area contributed by atoms with E-state index >= 15 is 0 Å². The maximum absolute atomic E-state index is 10.8. The molecule has 1 atom stereocenters. The van der Waals surface area contributed by atoms with Crippen LogP contribution >= 0.6 is 11.8 Å². The van der Waals surface area contributed by atoms with E-state index in [2.05, 4.69) is 5.32 Å². The van der Waals surface area contributed by atoms with Crippen molar-refractivity contribution in [1.82, 2.24) is 5.32 Å². The van der Waals surface area contributed by atoms with Gasteiger partial charge in [-0.1, -0.05) is 0 Å². The SMILES string of the molecule is CNC(C)(CO)CSCCS(C)(=O)=O. The van der Waals surface area contributed by atoms with Gasteiger partial charge in [-0.05, 0) is 14.0 Å². The van der Waals surface area contributed by atoms with Crippen LogP contribution in [0.1, 0.15) is 6.92 Å². The third-order valence-electron chi connectivity index (χ3n) is 1.97. The fourth-order valence-corrected chi connectivity index (χ4v) is 3.22. The van der Waals surface area contributed by atoms with E-state index in [1.807, 2.05) is 6.92 Å². The van der Waals surface area contributed by atoms with Gasteiger partial charge in [0.1, 0.15) is 9.84 Å². The lowest BCUT2D eigenvalue weighted by Gasteiger charge is -2.26. The van der Waals surface area contributed by atoms with Gasteiger partial charge in [-0.2, -0.15) is 11.8 Å².